The molecule has 0 unspecified atom stereocenters. The zero-order chi connectivity index (χ0) is 17.3. The Morgan fingerprint density at radius 2 is 2.12 bits per heavy atom. The van der Waals surface area contributed by atoms with Crippen LogP contribution >= 0.6 is 23.2 Å². The summed E-state index contributed by atoms with van der Waals surface area (Å²) in [6.07, 6.45) is 1.46. The molecule has 0 aliphatic rings. The molecule has 3 rings (SSSR count). The molecule has 2 heterocycles. The van der Waals surface area contributed by atoms with E-state index in [9.17, 15) is 4.79 Å². The molecule has 0 fully saturated rings. The molecule has 0 N–H and O–H groups in total. The van der Waals surface area contributed by atoms with E-state index in [-0.39, 0.29) is 5.15 Å². The van der Waals surface area contributed by atoms with Crippen molar-refractivity contribution in [3.63, 3.8) is 0 Å². The van der Waals surface area contributed by atoms with Crippen LogP contribution in [0, 0.1) is 6.92 Å². The van der Waals surface area contributed by atoms with E-state index >= 15 is 0 Å². The first-order valence-corrected chi connectivity index (χ1v) is 8.04. The van der Waals surface area contributed by atoms with E-state index in [2.05, 4.69) is 4.98 Å². The number of hydrogen-bond acceptors (Lipinski definition) is 4. The second kappa shape index (κ2) is 6.71. The molecule has 0 aliphatic heterocycles. The molecular formula is C17H14Cl2N2O3. The smallest absolute Gasteiger partial charge is 0.342 e. The molecule has 0 amide bonds. The van der Waals surface area contributed by atoms with Gasteiger partial charge >= 0.3 is 5.97 Å². The molecular weight excluding hydrogens is 351 g/mol. The topological polar surface area (TPSA) is 57.3 Å². The summed E-state index contributed by atoms with van der Waals surface area (Å²) in [6.45, 7) is 3.86. The molecule has 1 aromatic carbocycles. The summed E-state index contributed by atoms with van der Waals surface area (Å²) < 4.78 is 12.3. The zero-order valence-corrected chi connectivity index (χ0v) is 14.6. The lowest BCUT2D eigenvalue weighted by atomic mass is 10.1. The number of rotatable bonds is 4. The maximum atomic E-state index is 12.0. The van der Waals surface area contributed by atoms with Gasteiger partial charge in [-0.2, -0.15) is 0 Å². The summed E-state index contributed by atoms with van der Waals surface area (Å²) in [5.74, 6) is 0.675. The van der Waals surface area contributed by atoms with E-state index in [1.807, 2.05) is 24.3 Å². The minimum Gasteiger partial charge on any atom is -0.463 e. The molecule has 0 spiro atoms. The quantitative estimate of drug-likeness (QED) is 0.616. The van der Waals surface area contributed by atoms with E-state index in [0.29, 0.717) is 28.9 Å². The van der Waals surface area contributed by atoms with E-state index < -0.39 is 5.97 Å². The summed E-state index contributed by atoms with van der Waals surface area (Å²) in [5, 5.41) is 0.571. The van der Waals surface area contributed by atoms with E-state index in [4.69, 9.17) is 32.4 Å². The Balaban J connectivity index is 2.07. The summed E-state index contributed by atoms with van der Waals surface area (Å²) >= 11 is 12.2. The van der Waals surface area contributed by atoms with Crippen LogP contribution in [0.2, 0.25) is 10.3 Å². The zero-order valence-electron chi connectivity index (χ0n) is 13.0. The van der Waals surface area contributed by atoms with Crippen molar-refractivity contribution in [3.05, 3.63) is 58.3 Å². The van der Waals surface area contributed by atoms with Gasteiger partial charge in [-0.15, -0.1) is 0 Å². The molecule has 0 radical (unpaired) electrons. The van der Waals surface area contributed by atoms with Gasteiger partial charge in [-0.05, 0) is 32.0 Å². The average Bonchev–Trinajstić information content (AvgIpc) is 3.13. The monoisotopic (exact) mass is 364 g/mol. The molecule has 5 nitrogen and oxygen atoms in total. The van der Waals surface area contributed by atoms with Gasteiger partial charge in [0.05, 0.1) is 12.9 Å². The number of ether oxygens (including phenoxy) is 1. The van der Waals surface area contributed by atoms with Crippen molar-refractivity contribution in [1.29, 1.82) is 0 Å². The lowest BCUT2D eigenvalue weighted by molar-refractivity contribution is 0.0527. The van der Waals surface area contributed by atoms with Gasteiger partial charge < -0.3 is 9.15 Å². The Hall–Kier alpha value is -2.24. The minimum absolute atomic E-state index is 0.241. The fourth-order valence-corrected chi connectivity index (χ4v) is 2.93. The summed E-state index contributed by atoms with van der Waals surface area (Å²) in [6, 6.07) is 8.98. The van der Waals surface area contributed by atoms with Crippen LogP contribution in [0.5, 0.6) is 0 Å². The second-order valence-electron chi connectivity index (χ2n) is 5.01. The number of aromatic nitrogens is 2. The van der Waals surface area contributed by atoms with Crippen LogP contribution < -0.4 is 0 Å². The van der Waals surface area contributed by atoms with Gasteiger partial charge in [0.25, 0.3) is 0 Å². The van der Waals surface area contributed by atoms with E-state index in [0.717, 1.165) is 11.3 Å². The van der Waals surface area contributed by atoms with Crippen molar-refractivity contribution in [2.24, 2.45) is 0 Å². The SMILES string of the molecule is CCOC(=O)c1ccoc1-c1cccc(-n2c(C)nc(Cl)c2Cl)c1. The molecule has 0 bridgehead atoms. The standard InChI is InChI=1S/C17H14Cl2N2O3/c1-3-23-17(22)13-7-8-24-14(13)11-5-4-6-12(9-11)21-10(2)20-15(18)16(21)19/h4-9H,3H2,1-2H3. The van der Waals surface area contributed by atoms with E-state index in [1.54, 1.807) is 24.5 Å². The van der Waals surface area contributed by atoms with Crippen molar-refractivity contribution in [1.82, 2.24) is 9.55 Å². The maximum absolute atomic E-state index is 12.0. The van der Waals surface area contributed by atoms with Crippen molar-refractivity contribution in [2.75, 3.05) is 6.61 Å². The molecule has 0 saturated heterocycles. The fraction of sp³-hybridized carbons (Fsp3) is 0.176. The highest BCUT2D eigenvalue weighted by molar-refractivity contribution is 6.40. The van der Waals surface area contributed by atoms with Crippen LogP contribution in [0.25, 0.3) is 17.0 Å². The number of benzene rings is 1. The molecule has 3 aromatic rings. The molecule has 2 aromatic heterocycles. The van der Waals surface area contributed by atoms with Gasteiger partial charge in [0.15, 0.2) is 10.3 Å². The van der Waals surface area contributed by atoms with Gasteiger partial charge in [-0.25, -0.2) is 9.78 Å². The van der Waals surface area contributed by atoms with Crippen LogP contribution in [-0.4, -0.2) is 22.1 Å². The van der Waals surface area contributed by atoms with Crippen molar-refractivity contribution in [3.8, 4) is 17.0 Å². The molecule has 0 atom stereocenters. The Labute approximate surface area is 148 Å². The first-order valence-electron chi connectivity index (χ1n) is 7.28. The largest absolute Gasteiger partial charge is 0.463 e. The number of furan rings is 1. The summed E-state index contributed by atoms with van der Waals surface area (Å²) in [5.41, 5.74) is 1.86. The first kappa shape index (κ1) is 16.6. The second-order valence-corrected chi connectivity index (χ2v) is 5.73. The van der Waals surface area contributed by atoms with Gasteiger partial charge in [-0.1, -0.05) is 35.3 Å². The number of carbonyl (C=O) groups excluding carboxylic acids is 1. The average molecular weight is 365 g/mol. The predicted octanol–water partition coefficient (Wildman–Crippen LogP) is 4.92. The maximum Gasteiger partial charge on any atom is 0.342 e. The van der Waals surface area contributed by atoms with Gasteiger partial charge in [0.2, 0.25) is 0 Å². The van der Waals surface area contributed by atoms with Crippen molar-refractivity contribution < 1.29 is 13.9 Å². The third-order valence-corrected chi connectivity index (χ3v) is 4.19. The Morgan fingerprint density at radius 1 is 1.33 bits per heavy atom. The van der Waals surface area contributed by atoms with Gasteiger partial charge in [-0.3, -0.25) is 4.57 Å². The third-order valence-electron chi connectivity index (χ3n) is 3.48. The highest BCUT2D eigenvalue weighted by Crippen LogP contribution is 2.31. The molecule has 24 heavy (non-hydrogen) atoms. The third kappa shape index (κ3) is 2.92. The Kier molecular flexibility index (Phi) is 4.64. The lowest BCUT2D eigenvalue weighted by Crippen LogP contribution is -2.04. The molecule has 124 valence electrons. The number of nitrogens with zero attached hydrogens (tertiary/aromatic N) is 2. The number of carbonyl (C=O) groups is 1. The molecule has 0 aliphatic carbocycles. The number of aryl methyl sites for hydroxylation is 1. The Bertz CT molecular complexity index is 899. The number of halogens is 2. The van der Waals surface area contributed by atoms with E-state index in [1.165, 1.54) is 6.26 Å². The predicted molar refractivity (Wildman–Crippen MR) is 92.0 cm³/mol. The number of hydrogen-bond donors (Lipinski definition) is 0. The highest BCUT2D eigenvalue weighted by Gasteiger charge is 2.19. The normalized spacial score (nSPS) is 10.8. The number of imidazole rings is 1. The first-order chi connectivity index (χ1) is 11.5. The van der Waals surface area contributed by atoms with Gasteiger partial charge in [0.1, 0.15) is 17.1 Å². The fourth-order valence-electron chi connectivity index (χ4n) is 2.46. The minimum atomic E-state index is -0.424. The molecule has 0 saturated carbocycles. The Morgan fingerprint density at radius 3 is 2.79 bits per heavy atom. The van der Waals surface area contributed by atoms with Crippen LogP contribution in [0.15, 0.2) is 41.0 Å². The number of esters is 1. The van der Waals surface area contributed by atoms with Crippen molar-refractivity contribution >= 4 is 29.2 Å². The summed E-state index contributed by atoms with van der Waals surface area (Å²) in [7, 11) is 0. The van der Waals surface area contributed by atoms with Crippen molar-refractivity contribution in [2.45, 2.75) is 13.8 Å². The van der Waals surface area contributed by atoms with Crippen LogP contribution in [0.3, 0.4) is 0 Å². The van der Waals surface area contributed by atoms with Gasteiger partial charge in [0, 0.05) is 11.3 Å². The summed E-state index contributed by atoms with van der Waals surface area (Å²) in [4.78, 5) is 16.2. The lowest BCUT2D eigenvalue weighted by Gasteiger charge is -2.09. The van der Waals surface area contributed by atoms with Crippen LogP contribution in [-0.2, 0) is 4.74 Å². The molecule has 7 heteroatoms. The van der Waals surface area contributed by atoms with Crippen LogP contribution in [0.4, 0.5) is 0 Å². The highest BCUT2D eigenvalue weighted by atomic mass is 35.5. The van der Waals surface area contributed by atoms with Crippen LogP contribution in [0.1, 0.15) is 23.1 Å².